The fraction of sp³-hybridized carbons (Fsp3) is 0.476. The zero-order valence-electron chi connectivity index (χ0n) is 15.9. The molecule has 1 aromatic carbocycles. The second kappa shape index (κ2) is 6.80. The Hall–Kier alpha value is -1.41. The highest BCUT2D eigenvalue weighted by molar-refractivity contribution is 7.92. The fourth-order valence-electron chi connectivity index (χ4n) is 4.72. The topological polar surface area (TPSA) is 83.5 Å². The maximum Gasteiger partial charge on any atom is 0.273 e. The van der Waals surface area contributed by atoms with Crippen LogP contribution in [0.5, 0.6) is 0 Å². The summed E-state index contributed by atoms with van der Waals surface area (Å²) in [7, 11) is -3.95. The Morgan fingerprint density at radius 2 is 1.69 bits per heavy atom. The number of aliphatic hydroxyl groups is 1. The van der Waals surface area contributed by atoms with Crippen LogP contribution >= 0.6 is 22.9 Å². The molecule has 0 radical (unpaired) electrons. The maximum absolute atomic E-state index is 12.7. The number of amides is 1. The number of nitrogens with one attached hydrogen (secondary N) is 1. The van der Waals surface area contributed by atoms with Crippen molar-refractivity contribution < 1.29 is 18.3 Å². The van der Waals surface area contributed by atoms with Gasteiger partial charge in [0.2, 0.25) is 5.91 Å². The lowest BCUT2D eigenvalue weighted by Gasteiger charge is -2.17. The summed E-state index contributed by atoms with van der Waals surface area (Å²) < 4.78 is 27.7. The van der Waals surface area contributed by atoms with Crippen molar-refractivity contribution in [1.29, 1.82) is 0 Å². The third kappa shape index (κ3) is 3.32. The van der Waals surface area contributed by atoms with E-state index in [-0.39, 0.29) is 10.6 Å². The lowest BCUT2D eigenvalue weighted by atomic mass is 9.92. The molecular formula is C21H22ClNO4S2. The van der Waals surface area contributed by atoms with Crippen molar-refractivity contribution in [3.63, 3.8) is 0 Å². The van der Waals surface area contributed by atoms with Gasteiger partial charge >= 0.3 is 0 Å². The molecule has 0 unspecified atom stereocenters. The molecule has 0 aliphatic heterocycles. The molecule has 1 amide bonds. The summed E-state index contributed by atoms with van der Waals surface area (Å²) in [6, 6.07) is 1.48. The number of halogens is 1. The van der Waals surface area contributed by atoms with Gasteiger partial charge in [-0.15, -0.1) is 11.3 Å². The molecule has 2 aromatic rings. The summed E-state index contributed by atoms with van der Waals surface area (Å²) in [4.78, 5) is 12.7. The molecule has 8 heteroatoms. The van der Waals surface area contributed by atoms with E-state index in [0.29, 0.717) is 18.4 Å². The van der Waals surface area contributed by atoms with E-state index in [4.69, 9.17) is 11.6 Å². The van der Waals surface area contributed by atoms with Crippen LogP contribution in [0.2, 0.25) is 5.02 Å². The number of thiophene rings is 1. The molecule has 5 nitrogen and oxygen atoms in total. The largest absolute Gasteiger partial charge is 0.385 e. The van der Waals surface area contributed by atoms with Crippen LogP contribution in [-0.2, 0) is 52.5 Å². The second-order valence-electron chi connectivity index (χ2n) is 8.31. The van der Waals surface area contributed by atoms with E-state index in [0.717, 1.165) is 82.7 Å². The predicted molar refractivity (Wildman–Crippen MR) is 112 cm³/mol. The van der Waals surface area contributed by atoms with E-state index in [1.54, 1.807) is 5.38 Å². The first kappa shape index (κ1) is 19.5. The minimum atomic E-state index is -3.95. The number of carbonyl (C=O) groups is 1. The Labute approximate surface area is 179 Å². The number of sulfonamides is 1. The van der Waals surface area contributed by atoms with Crippen LogP contribution in [-0.4, -0.2) is 19.4 Å². The van der Waals surface area contributed by atoms with Gasteiger partial charge in [0.05, 0.1) is 12.0 Å². The van der Waals surface area contributed by atoms with E-state index in [1.165, 1.54) is 6.07 Å². The Kier molecular flexibility index (Phi) is 4.59. The molecule has 1 aromatic heterocycles. The average Bonchev–Trinajstić information content (AvgIpc) is 3.17. The first-order valence-corrected chi connectivity index (χ1v) is 12.7. The lowest BCUT2D eigenvalue weighted by Crippen LogP contribution is -2.32. The van der Waals surface area contributed by atoms with Crippen molar-refractivity contribution in [3.8, 4) is 0 Å². The molecule has 0 spiro atoms. The normalized spacial score (nSPS) is 19.1. The second-order valence-corrected chi connectivity index (χ2v) is 11.5. The molecule has 154 valence electrons. The summed E-state index contributed by atoms with van der Waals surface area (Å²) >= 11 is 7.66. The van der Waals surface area contributed by atoms with Gasteiger partial charge in [-0.05, 0) is 96.2 Å². The van der Waals surface area contributed by atoms with Gasteiger partial charge < -0.3 is 5.11 Å². The van der Waals surface area contributed by atoms with Crippen LogP contribution in [0.3, 0.4) is 0 Å². The van der Waals surface area contributed by atoms with Crippen molar-refractivity contribution in [2.24, 2.45) is 0 Å². The summed E-state index contributed by atoms with van der Waals surface area (Å²) in [6.07, 6.45) is 7.02. The first-order chi connectivity index (χ1) is 13.8. The molecule has 1 fully saturated rings. The Balaban J connectivity index is 1.40. The molecule has 3 aliphatic carbocycles. The number of rotatable bonds is 5. The zero-order valence-corrected chi connectivity index (χ0v) is 18.3. The highest BCUT2D eigenvalue weighted by Crippen LogP contribution is 2.47. The minimum Gasteiger partial charge on any atom is -0.385 e. The van der Waals surface area contributed by atoms with E-state index in [1.807, 2.05) is 0 Å². The number of hydrogen-bond donors (Lipinski definition) is 2. The van der Waals surface area contributed by atoms with Crippen LogP contribution in [0.15, 0.2) is 15.7 Å². The van der Waals surface area contributed by atoms with Gasteiger partial charge in [-0.2, -0.15) is 0 Å². The smallest absolute Gasteiger partial charge is 0.273 e. The molecule has 5 rings (SSSR count). The molecular weight excluding hydrogens is 430 g/mol. The summed E-state index contributed by atoms with van der Waals surface area (Å²) in [5.74, 6) is -0.518. The number of benzene rings is 1. The van der Waals surface area contributed by atoms with E-state index in [9.17, 15) is 18.3 Å². The van der Waals surface area contributed by atoms with E-state index < -0.39 is 21.5 Å². The molecule has 1 heterocycles. The molecule has 0 saturated heterocycles. The third-order valence-electron chi connectivity index (χ3n) is 6.38. The maximum atomic E-state index is 12.7. The van der Waals surface area contributed by atoms with E-state index in [2.05, 4.69) is 4.72 Å². The Bertz CT molecular complexity index is 1100. The summed E-state index contributed by atoms with van der Waals surface area (Å²) in [5.41, 5.74) is 5.32. The van der Waals surface area contributed by atoms with Crippen LogP contribution in [0.25, 0.3) is 0 Å². The summed E-state index contributed by atoms with van der Waals surface area (Å²) in [6.45, 7) is 0. The molecule has 0 atom stereocenters. The van der Waals surface area contributed by atoms with Crippen LogP contribution in [0, 0.1) is 0 Å². The van der Waals surface area contributed by atoms with Gasteiger partial charge in [-0.3, -0.25) is 4.79 Å². The van der Waals surface area contributed by atoms with Crippen molar-refractivity contribution in [1.82, 2.24) is 4.72 Å². The van der Waals surface area contributed by atoms with Crippen molar-refractivity contribution in [2.75, 3.05) is 0 Å². The highest BCUT2D eigenvalue weighted by atomic mass is 35.5. The third-order valence-corrected chi connectivity index (χ3v) is 9.65. The van der Waals surface area contributed by atoms with Gasteiger partial charge in [0.15, 0.2) is 0 Å². The number of hydrogen-bond acceptors (Lipinski definition) is 5. The number of fused-ring (bicyclic) bond motifs is 2. The quantitative estimate of drug-likeness (QED) is 0.729. The van der Waals surface area contributed by atoms with Crippen molar-refractivity contribution in [3.05, 3.63) is 49.8 Å². The van der Waals surface area contributed by atoms with Crippen molar-refractivity contribution >= 4 is 38.9 Å². The summed E-state index contributed by atoms with van der Waals surface area (Å²) in [5, 5.41) is 12.7. The highest BCUT2D eigenvalue weighted by Gasteiger charge is 2.43. The van der Waals surface area contributed by atoms with Gasteiger partial charge in [0, 0.05) is 5.02 Å². The van der Waals surface area contributed by atoms with Crippen LogP contribution < -0.4 is 4.72 Å². The zero-order chi connectivity index (χ0) is 20.4. The van der Waals surface area contributed by atoms with Gasteiger partial charge in [-0.25, -0.2) is 13.1 Å². The lowest BCUT2D eigenvalue weighted by molar-refractivity contribution is -0.118. The fourth-order valence-corrected chi connectivity index (χ4v) is 7.39. The van der Waals surface area contributed by atoms with Gasteiger partial charge in [0.1, 0.15) is 4.21 Å². The van der Waals surface area contributed by atoms with Crippen LogP contribution in [0.1, 0.15) is 59.1 Å². The Morgan fingerprint density at radius 1 is 1.10 bits per heavy atom. The average molecular weight is 452 g/mol. The van der Waals surface area contributed by atoms with E-state index >= 15 is 0 Å². The minimum absolute atomic E-state index is 0.0588. The molecule has 29 heavy (non-hydrogen) atoms. The predicted octanol–water partition coefficient (Wildman–Crippen LogP) is 3.41. The molecule has 1 saturated carbocycles. The monoisotopic (exact) mass is 451 g/mol. The van der Waals surface area contributed by atoms with Crippen molar-refractivity contribution in [2.45, 2.75) is 67.6 Å². The molecule has 2 N–H and O–H groups in total. The molecule has 3 aliphatic rings. The van der Waals surface area contributed by atoms with Gasteiger partial charge in [0.25, 0.3) is 10.0 Å². The Morgan fingerprint density at radius 3 is 2.28 bits per heavy atom. The SMILES string of the molecule is O=C(Cc1c2c(c(Cl)c3c1CCC3)CCC2)NS(=O)(=O)c1cc(C2(O)CC2)cs1. The van der Waals surface area contributed by atoms with Gasteiger partial charge in [-0.1, -0.05) is 11.6 Å². The standard InChI is InChI=1S/C21H22ClNO4S2/c22-20-15-5-1-3-13(15)17(14-4-2-6-16(14)20)10-18(24)23-29(26,27)19-9-12(11-28-19)21(25)7-8-21/h9,11,25H,1-8,10H2,(H,23,24). The molecule has 0 bridgehead atoms. The van der Waals surface area contributed by atoms with Crippen LogP contribution in [0.4, 0.5) is 0 Å². The first-order valence-electron chi connectivity index (χ1n) is 9.99. The number of carbonyl (C=O) groups excluding carboxylic acids is 1.